The van der Waals surface area contributed by atoms with Crippen LogP contribution in [0.5, 0.6) is 0 Å². The summed E-state index contributed by atoms with van der Waals surface area (Å²) < 4.78 is 4.78. The molecule has 1 aromatic heterocycles. The highest BCUT2D eigenvalue weighted by atomic mass is 16.5. The second kappa shape index (κ2) is 7.31. The van der Waals surface area contributed by atoms with Gasteiger partial charge < -0.3 is 15.0 Å². The van der Waals surface area contributed by atoms with Crippen molar-refractivity contribution >= 4 is 22.8 Å². The number of aryl methyl sites for hydroxylation is 1. The zero-order chi connectivity index (χ0) is 17.0. The lowest BCUT2D eigenvalue weighted by atomic mass is 10.0. The number of benzene rings is 1. The van der Waals surface area contributed by atoms with Gasteiger partial charge in [-0.05, 0) is 30.9 Å². The molecule has 0 radical (unpaired) electrons. The Labute approximate surface area is 136 Å². The summed E-state index contributed by atoms with van der Waals surface area (Å²) in [5.41, 5.74) is 2.95. The topological polar surface area (TPSA) is 71.2 Å². The summed E-state index contributed by atoms with van der Waals surface area (Å²) in [6.45, 7) is 5.96. The summed E-state index contributed by atoms with van der Waals surface area (Å²) in [7, 11) is 1.34. The molecule has 0 aliphatic rings. The Balaban J connectivity index is 2.13. The first-order valence-electron chi connectivity index (χ1n) is 7.85. The van der Waals surface area contributed by atoms with Crippen LogP contribution >= 0.6 is 0 Å². The third-order valence-electron chi connectivity index (χ3n) is 3.89. The van der Waals surface area contributed by atoms with Crippen LogP contribution in [0.2, 0.25) is 0 Å². The molecule has 1 unspecified atom stereocenters. The molecule has 5 heteroatoms. The minimum absolute atomic E-state index is 0.172. The summed E-state index contributed by atoms with van der Waals surface area (Å²) >= 11 is 0. The van der Waals surface area contributed by atoms with E-state index in [1.54, 1.807) is 0 Å². The number of aromatic amines is 1. The van der Waals surface area contributed by atoms with Crippen LogP contribution in [0.3, 0.4) is 0 Å². The number of hydrogen-bond acceptors (Lipinski definition) is 3. The van der Waals surface area contributed by atoms with Gasteiger partial charge in [0, 0.05) is 16.6 Å². The predicted molar refractivity (Wildman–Crippen MR) is 90.1 cm³/mol. The predicted octanol–water partition coefficient (Wildman–Crippen LogP) is 2.72. The first-order chi connectivity index (χ1) is 10.9. The molecule has 5 nitrogen and oxygen atoms in total. The molecule has 0 bridgehead atoms. The summed E-state index contributed by atoms with van der Waals surface area (Å²) in [5, 5.41) is 3.84. The van der Waals surface area contributed by atoms with E-state index in [9.17, 15) is 9.59 Å². The van der Waals surface area contributed by atoms with E-state index in [1.807, 2.05) is 45.0 Å². The zero-order valence-electron chi connectivity index (χ0n) is 14.1. The highest BCUT2D eigenvalue weighted by Crippen LogP contribution is 2.22. The minimum atomic E-state index is -0.599. The molecule has 0 spiro atoms. The molecule has 2 N–H and O–H groups in total. The fraction of sp³-hybridized carbons (Fsp3) is 0.444. The van der Waals surface area contributed by atoms with Crippen molar-refractivity contribution in [3.05, 3.63) is 35.5 Å². The van der Waals surface area contributed by atoms with E-state index in [1.165, 1.54) is 7.11 Å². The van der Waals surface area contributed by atoms with Gasteiger partial charge in [0.2, 0.25) is 5.91 Å². The average molecular weight is 316 g/mol. The number of methoxy groups -OCH3 is 1. The number of carbonyl (C=O) groups excluding carboxylic acids is 2. The van der Waals surface area contributed by atoms with Crippen LogP contribution in [0.25, 0.3) is 10.9 Å². The van der Waals surface area contributed by atoms with Crippen LogP contribution in [0.4, 0.5) is 0 Å². The molecule has 0 fully saturated rings. The number of H-pyrrole nitrogens is 1. The Bertz CT molecular complexity index is 703. The number of hydrogen-bond donors (Lipinski definition) is 2. The van der Waals surface area contributed by atoms with E-state index >= 15 is 0 Å². The molecule has 1 amide bonds. The van der Waals surface area contributed by atoms with Crippen molar-refractivity contribution < 1.29 is 14.3 Å². The number of nitrogens with one attached hydrogen (secondary N) is 2. The smallest absolute Gasteiger partial charge is 0.328 e. The van der Waals surface area contributed by atoms with Gasteiger partial charge in [0.25, 0.3) is 0 Å². The third-order valence-corrected chi connectivity index (χ3v) is 3.89. The number of amides is 1. The highest BCUT2D eigenvalue weighted by Gasteiger charge is 2.23. The molecule has 0 aliphatic heterocycles. The fourth-order valence-corrected chi connectivity index (χ4v) is 2.80. The van der Waals surface area contributed by atoms with Crippen molar-refractivity contribution in [1.29, 1.82) is 0 Å². The van der Waals surface area contributed by atoms with E-state index in [0.717, 1.165) is 22.2 Å². The molecule has 23 heavy (non-hydrogen) atoms. The summed E-state index contributed by atoms with van der Waals surface area (Å²) in [5.74, 6) is -0.286. The Morgan fingerprint density at radius 2 is 1.96 bits per heavy atom. The largest absolute Gasteiger partial charge is 0.467 e. The average Bonchev–Trinajstić information content (AvgIpc) is 2.81. The molecule has 2 aromatic rings. The van der Waals surface area contributed by atoms with Crippen molar-refractivity contribution in [2.75, 3.05) is 7.11 Å². The monoisotopic (exact) mass is 316 g/mol. The Hall–Kier alpha value is -2.30. The van der Waals surface area contributed by atoms with Gasteiger partial charge in [0.15, 0.2) is 0 Å². The van der Waals surface area contributed by atoms with E-state index in [2.05, 4.69) is 10.3 Å². The van der Waals surface area contributed by atoms with Crippen molar-refractivity contribution in [3.63, 3.8) is 0 Å². The standard InChI is InChI=1S/C18H24N2O3/c1-11(2)9-16(18(22)23-4)20-17(21)10-14-12(3)19-15-8-6-5-7-13(14)15/h5-8,11,16,19H,9-10H2,1-4H3,(H,20,21). The summed E-state index contributed by atoms with van der Waals surface area (Å²) in [6.07, 6.45) is 0.798. The SMILES string of the molecule is COC(=O)C(CC(C)C)NC(=O)Cc1c(C)[nH]c2ccccc12. The lowest BCUT2D eigenvalue weighted by molar-refractivity contribution is -0.145. The van der Waals surface area contributed by atoms with E-state index in [4.69, 9.17) is 4.74 Å². The van der Waals surface area contributed by atoms with E-state index in [-0.39, 0.29) is 18.2 Å². The lowest BCUT2D eigenvalue weighted by Crippen LogP contribution is -2.43. The molecular weight excluding hydrogens is 292 g/mol. The number of aromatic nitrogens is 1. The molecule has 0 saturated heterocycles. The van der Waals surface area contributed by atoms with Crippen molar-refractivity contribution in [3.8, 4) is 0 Å². The first-order valence-corrected chi connectivity index (χ1v) is 7.85. The van der Waals surface area contributed by atoms with Crippen molar-refractivity contribution in [2.24, 2.45) is 5.92 Å². The maximum atomic E-state index is 12.4. The van der Waals surface area contributed by atoms with Crippen LogP contribution in [0.1, 0.15) is 31.5 Å². The van der Waals surface area contributed by atoms with Crippen LogP contribution in [-0.2, 0) is 20.7 Å². The van der Waals surface area contributed by atoms with Crippen LogP contribution < -0.4 is 5.32 Å². The maximum absolute atomic E-state index is 12.4. The number of fused-ring (bicyclic) bond motifs is 1. The molecule has 2 rings (SSSR count). The Morgan fingerprint density at radius 1 is 1.26 bits per heavy atom. The second-order valence-electron chi connectivity index (χ2n) is 6.22. The fourth-order valence-electron chi connectivity index (χ4n) is 2.80. The molecule has 1 aromatic carbocycles. The number of para-hydroxylation sites is 1. The Kier molecular flexibility index (Phi) is 5.42. The highest BCUT2D eigenvalue weighted by molar-refractivity contribution is 5.91. The number of carbonyl (C=O) groups is 2. The van der Waals surface area contributed by atoms with Gasteiger partial charge >= 0.3 is 5.97 Å². The summed E-state index contributed by atoms with van der Waals surface area (Å²) in [4.78, 5) is 27.5. The van der Waals surface area contributed by atoms with Gasteiger partial charge in [-0.2, -0.15) is 0 Å². The van der Waals surface area contributed by atoms with Crippen LogP contribution in [0, 0.1) is 12.8 Å². The van der Waals surface area contributed by atoms with E-state index < -0.39 is 12.0 Å². The van der Waals surface area contributed by atoms with Gasteiger partial charge in [-0.25, -0.2) is 4.79 Å². The first kappa shape index (κ1) is 17.1. The molecule has 1 atom stereocenters. The van der Waals surface area contributed by atoms with Crippen LogP contribution in [-0.4, -0.2) is 30.0 Å². The summed E-state index contributed by atoms with van der Waals surface area (Å²) in [6, 6.07) is 7.29. The Morgan fingerprint density at radius 3 is 2.61 bits per heavy atom. The van der Waals surface area contributed by atoms with Gasteiger partial charge in [0.05, 0.1) is 13.5 Å². The molecule has 124 valence electrons. The van der Waals surface area contributed by atoms with Gasteiger partial charge in [-0.3, -0.25) is 4.79 Å². The normalized spacial score (nSPS) is 12.4. The molecule has 0 saturated carbocycles. The van der Waals surface area contributed by atoms with Crippen LogP contribution in [0.15, 0.2) is 24.3 Å². The molecular formula is C18H24N2O3. The molecule has 1 heterocycles. The second-order valence-corrected chi connectivity index (χ2v) is 6.22. The lowest BCUT2D eigenvalue weighted by Gasteiger charge is -2.18. The maximum Gasteiger partial charge on any atom is 0.328 e. The van der Waals surface area contributed by atoms with E-state index in [0.29, 0.717) is 6.42 Å². The third kappa shape index (κ3) is 4.12. The number of ether oxygens (including phenoxy) is 1. The quantitative estimate of drug-likeness (QED) is 0.805. The minimum Gasteiger partial charge on any atom is -0.467 e. The van der Waals surface area contributed by atoms with Crippen molar-refractivity contribution in [1.82, 2.24) is 10.3 Å². The van der Waals surface area contributed by atoms with Gasteiger partial charge in [-0.1, -0.05) is 32.0 Å². The zero-order valence-corrected chi connectivity index (χ0v) is 14.1. The number of esters is 1. The molecule has 0 aliphatic carbocycles. The van der Waals surface area contributed by atoms with Gasteiger partial charge in [0.1, 0.15) is 6.04 Å². The van der Waals surface area contributed by atoms with Crippen molar-refractivity contribution in [2.45, 2.75) is 39.7 Å². The van der Waals surface area contributed by atoms with Gasteiger partial charge in [-0.15, -0.1) is 0 Å². The number of rotatable bonds is 6.